The van der Waals surface area contributed by atoms with Crippen LogP contribution in [0.4, 0.5) is 5.69 Å². The molecule has 5 heteroatoms. The molecule has 1 saturated carbocycles. The number of hydrogen-bond donors (Lipinski definition) is 1. The van der Waals surface area contributed by atoms with Crippen LogP contribution >= 0.6 is 27.5 Å². The van der Waals surface area contributed by atoms with Gasteiger partial charge in [-0.3, -0.25) is 4.79 Å². The van der Waals surface area contributed by atoms with Gasteiger partial charge >= 0.3 is 0 Å². The van der Waals surface area contributed by atoms with Crippen LogP contribution in [0.3, 0.4) is 0 Å². The molecule has 3 nitrogen and oxygen atoms in total. The number of anilines is 1. The van der Waals surface area contributed by atoms with E-state index < -0.39 is 0 Å². The fourth-order valence-electron chi connectivity index (χ4n) is 2.82. The van der Waals surface area contributed by atoms with Crippen LogP contribution in [-0.4, -0.2) is 10.9 Å². The van der Waals surface area contributed by atoms with Crippen molar-refractivity contribution >= 4 is 39.1 Å². The highest BCUT2D eigenvalue weighted by Crippen LogP contribution is 2.43. The first kappa shape index (κ1) is 12.2. The molecule has 94 valence electrons. The van der Waals surface area contributed by atoms with E-state index in [9.17, 15) is 4.79 Å². The van der Waals surface area contributed by atoms with Crippen molar-refractivity contribution in [3.05, 3.63) is 34.0 Å². The summed E-state index contributed by atoms with van der Waals surface area (Å²) in [4.78, 5) is 16.2. The van der Waals surface area contributed by atoms with Gasteiger partial charge in [-0.25, -0.2) is 4.98 Å². The number of carbonyl (C=O) groups is 1. The highest BCUT2D eigenvalue weighted by atomic mass is 79.9. The molecular formula is C13H12BrClN2O. The summed E-state index contributed by atoms with van der Waals surface area (Å²) in [6, 6.07) is 1.77. The molecule has 3 unspecified atom stereocenters. The van der Waals surface area contributed by atoms with E-state index in [0.717, 1.165) is 17.3 Å². The van der Waals surface area contributed by atoms with Crippen molar-refractivity contribution in [2.75, 3.05) is 5.32 Å². The Bertz CT molecular complexity index is 532. The Morgan fingerprint density at radius 3 is 2.94 bits per heavy atom. The number of aromatic nitrogens is 1. The first-order valence-corrected chi connectivity index (χ1v) is 7.11. The Balaban J connectivity index is 1.75. The van der Waals surface area contributed by atoms with Crippen LogP contribution in [0.1, 0.15) is 12.8 Å². The molecule has 0 aliphatic heterocycles. The Morgan fingerprint density at radius 1 is 1.44 bits per heavy atom. The minimum atomic E-state index is 0.0497. The van der Waals surface area contributed by atoms with Crippen molar-refractivity contribution in [2.24, 2.45) is 17.8 Å². The second-order valence-electron chi connectivity index (χ2n) is 4.87. The van der Waals surface area contributed by atoms with Gasteiger partial charge in [-0.05, 0) is 46.7 Å². The third kappa shape index (κ3) is 2.19. The molecule has 1 fully saturated rings. The Hall–Kier alpha value is -0.870. The van der Waals surface area contributed by atoms with Crippen LogP contribution in [0.15, 0.2) is 28.9 Å². The maximum Gasteiger partial charge on any atom is 0.228 e. The third-order valence-electron chi connectivity index (χ3n) is 3.68. The van der Waals surface area contributed by atoms with E-state index in [1.807, 2.05) is 0 Å². The SMILES string of the molecule is O=C(Nc1cc(Br)cnc1Cl)C1CC2C=CC1C2. The Kier molecular flexibility index (Phi) is 3.16. The molecule has 1 heterocycles. The second-order valence-corrected chi connectivity index (χ2v) is 6.14. The van der Waals surface area contributed by atoms with Crippen LogP contribution in [0.25, 0.3) is 0 Å². The second kappa shape index (κ2) is 4.67. The molecule has 2 aliphatic rings. The molecule has 1 aromatic rings. The number of nitrogens with zero attached hydrogens (tertiary/aromatic N) is 1. The van der Waals surface area contributed by atoms with Gasteiger partial charge in [0.15, 0.2) is 5.15 Å². The van der Waals surface area contributed by atoms with Gasteiger partial charge in [0.2, 0.25) is 5.91 Å². The lowest BCUT2D eigenvalue weighted by Crippen LogP contribution is -2.26. The number of carbonyl (C=O) groups excluding carboxylic acids is 1. The topological polar surface area (TPSA) is 42.0 Å². The molecule has 3 atom stereocenters. The molecule has 2 bridgehead atoms. The fourth-order valence-corrected chi connectivity index (χ4v) is 3.30. The number of fused-ring (bicyclic) bond motifs is 2. The van der Waals surface area contributed by atoms with Crippen LogP contribution < -0.4 is 5.32 Å². The smallest absolute Gasteiger partial charge is 0.228 e. The van der Waals surface area contributed by atoms with Gasteiger partial charge < -0.3 is 5.32 Å². The van der Waals surface area contributed by atoms with Gasteiger partial charge in [-0.1, -0.05) is 23.8 Å². The normalized spacial score (nSPS) is 28.7. The molecule has 0 saturated heterocycles. The molecule has 0 spiro atoms. The first-order chi connectivity index (χ1) is 8.63. The lowest BCUT2D eigenvalue weighted by molar-refractivity contribution is -0.120. The Labute approximate surface area is 119 Å². The molecule has 0 radical (unpaired) electrons. The average molecular weight is 328 g/mol. The molecule has 2 aliphatic carbocycles. The van der Waals surface area contributed by atoms with Crippen molar-refractivity contribution in [2.45, 2.75) is 12.8 Å². The summed E-state index contributed by atoms with van der Waals surface area (Å²) in [5.41, 5.74) is 0.572. The highest BCUT2D eigenvalue weighted by molar-refractivity contribution is 9.10. The average Bonchev–Trinajstić information content (AvgIpc) is 2.96. The minimum absolute atomic E-state index is 0.0497. The van der Waals surface area contributed by atoms with Gasteiger partial charge in [0.1, 0.15) is 0 Å². The summed E-state index contributed by atoms with van der Waals surface area (Å²) in [5, 5.41) is 3.20. The van der Waals surface area contributed by atoms with Gasteiger partial charge in [0, 0.05) is 16.6 Å². The van der Waals surface area contributed by atoms with Crippen molar-refractivity contribution < 1.29 is 4.79 Å². The van der Waals surface area contributed by atoms with Crippen molar-refractivity contribution in [1.82, 2.24) is 4.98 Å². The maximum absolute atomic E-state index is 12.2. The number of amides is 1. The minimum Gasteiger partial charge on any atom is -0.323 e. The maximum atomic E-state index is 12.2. The van der Waals surface area contributed by atoms with E-state index in [1.165, 1.54) is 0 Å². The van der Waals surface area contributed by atoms with Gasteiger partial charge in [-0.15, -0.1) is 0 Å². The van der Waals surface area contributed by atoms with Crippen LogP contribution in [-0.2, 0) is 4.79 Å². The van der Waals surface area contributed by atoms with E-state index in [0.29, 0.717) is 22.7 Å². The lowest BCUT2D eigenvalue weighted by Gasteiger charge is -2.17. The molecule has 3 rings (SSSR count). The molecule has 1 N–H and O–H groups in total. The summed E-state index contributed by atoms with van der Waals surface area (Å²) in [6.45, 7) is 0. The van der Waals surface area contributed by atoms with Gasteiger partial charge in [0.05, 0.1) is 5.69 Å². The van der Waals surface area contributed by atoms with Crippen LogP contribution in [0, 0.1) is 17.8 Å². The highest BCUT2D eigenvalue weighted by Gasteiger charge is 2.39. The molecular weight excluding hydrogens is 316 g/mol. The standard InChI is InChI=1S/C13H12BrClN2O/c14-9-5-11(12(15)16-6-9)17-13(18)10-4-7-1-2-8(10)3-7/h1-2,5-8,10H,3-4H2,(H,17,18). The molecule has 1 aromatic heterocycles. The zero-order chi connectivity index (χ0) is 12.7. The largest absolute Gasteiger partial charge is 0.323 e. The van der Waals surface area contributed by atoms with Gasteiger partial charge in [0.25, 0.3) is 0 Å². The molecule has 18 heavy (non-hydrogen) atoms. The number of rotatable bonds is 2. The van der Waals surface area contributed by atoms with Crippen molar-refractivity contribution in [1.29, 1.82) is 0 Å². The number of halogens is 2. The molecule has 0 aromatic carbocycles. The number of nitrogens with one attached hydrogen (secondary N) is 1. The lowest BCUT2D eigenvalue weighted by atomic mass is 9.93. The summed E-state index contributed by atoms with van der Waals surface area (Å²) in [6.07, 6.45) is 8.06. The zero-order valence-electron chi connectivity index (χ0n) is 9.57. The number of allylic oxidation sites excluding steroid dienone is 2. The monoisotopic (exact) mass is 326 g/mol. The van der Waals surface area contributed by atoms with E-state index in [1.54, 1.807) is 12.3 Å². The fraction of sp³-hybridized carbons (Fsp3) is 0.385. The van der Waals surface area contributed by atoms with Gasteiger partial charge in [-0.2, -0.15) is 0 Å². The van der Waals surface area contributed by atoms with E-state index in [-0.39, 0.29) is 11.8 Å². The van der Waals surface area contributed by atoms with Crippen LogP contribution in [0.2, 0.25) is 5.15 Å². The summed E-state index contributed by atoms with van der Waals surface area (Å²) < 4.78 is 0.801. The van der Waals surface area contributed by atoms with E-state index in [2.05, 4.69) is 38.4 Å². The first-order valence-electron chi connectivity index (χ1n) is 5.93. The summed E-state index contributed by atoms with van der Waals surface area (Å²) >= 11 is 9.28. The summed E-state index contributed by atoms with van der Waals surface area (Å²) in [5.74, 6) is 1.11. The zero-order valence-corrected chi connectivity index (χ0v) is 11.9. The third-order valence-corrected chi connectivity index (χ3v) is 4.41. The van der Waals surface area contributed by atoms with E-state index in [4.69, 9.17) is 11.6 Å². The van der Waals surface area contributed by atoms with Crippen molar-refractivity contribution in [3.8, 4) is 0 Å². The number of hydrogen-bond acceptors (Lipinski definition) is 2. The van der Waals surface area contributed by atoms with Crippen molar-refractivity contribution in [3.63, 3.8) is 0 Å². The van der Waals surface area contributed by atoms with Crippen LogP contribution in [0.5, 0.6) is 0 Å². The van der Waals surface area contributed by atoms with E-state index >= 15 is 0 Å². The number of pyridine rings is 1. The summed E-state index contributed by atoms with van der Waals surface area (Å²) in [7, 11) is 0. The molecule has 1 amide bonds. The Morgan fingerprint density at radius 2 is 2.28 bits per heavy atom. The predicted molar refractivity (Wildman–Crippen MR) is 74.4 cm³/mol. The quantitative estimate of drug-likeness (QED) is 0.665. The predicted octanol–water partition coefficient (Wildman–Crippen LogP) is 3.65.